The van der Waals surface area contributed by atoms with Crippen LogP contribution < -0.4 is 5.43 Å². The molecule has 0 amide bonds. The highest BCUT2D eigenvalue weighted by Gasteiger charge is 2.18. The van der Waals surface area contributed by atoms with E-state index < -0.39 is 29.0 Å². The third kappa shape index (κ3) is 2.71. The number of hydrogen-bond acceptors (Lipinski definition) is 3. The molecule has 0 aliphatic rings. The van der Waals surface area contributed by atoms with Crippen LogP contribution in [0.15, 0.2) is 35.4 Å². The minimum Gasteiger partial charge on any atom is -0.507 e. The molecule has 2 aromatic carbocycles. The van der Waals surface area contributed by atoms with Gasteiger partial charge in [0.1, 0.15) is 11.4 Å². The van der Waals surface area contributed by atoms with Crippen LogP contribution in [0.2, 0.25) is 0 Å². The Bertz CT molecular complexity index is 647. The molecule has 104 valence electrons. The number of hydrogen-bond donors (Lipinski definition) is 2. The van der Waals surface area contributed by atoms with E-state index >= 15 is 0 Å². The van der Waals surface area contributed by atoms with Crippen LogP contribution in [0.1, 0.15) is 5.56 Å². The molecular formula is C13H8F4N2O. The second-order valence-electron chi connectivity index (χ2n) is 3.77. The quantitative estimate of drug-likeness (QED) is 0.393. The maximum absolute atomic E-state index is 13.3. The summed E-state index contributed by atoms with van der Waals surface area (Å²) < 4.78 is 52.4. The topological polar surface area (TPSA) is 44.6 Å². The molecule has 0 unspecified atom stereocenters. The third-order valence-electron chi connectivity index (χ3n) is 2.43. The summed E-state index contributed by atoms with van der Waals surface area (Å²) in [5.41, 5.74) is 1.08. The molecule has 0 saturated carbocycles. The van der Waals surface area contributed by atoms with Crippen molar-refractivity contribution in [3.63, 3.8) is 0 Å². The van der Waals surface area contributed by atoms with Gasteiger partial charge < -0.3 is 5.11 Å². The summed E-state index contributed by atoms with van der Waals surface area (Å²) in [7, 11) is 0. The van der Waals surface area contributed by atoms with E-state index in [9.17, 15) is 22.7 Å². The highest BCUT2D eigenvalue weighted by Crippen LogP contribution is 2.24. The first kappa shape index (κ1) is 13.9. The zero-order valence-electron chi connectivity index (χ0n) is 9.87. The summed E-state index contributed by atoms with van der Waals surface area (Å²) in [6, 6.07) is 6.14. The number of nitrogens with one attached hydrogen (secondary N) is 1. The highest BCUT2D eigenvalue weighted by atomic mass is 19.2. The molecule has 0 saturated heterocycles. The summed E-state index contributed by atoms with van der Waals surface area (Å²) in [6.45, 7) is 0. The average molecular weight is 284 g/mol. The Kier molecular flexibility index (Phi) is 3.88. The largest absolute Gasteiger partial charge is 0.507 e. The molecule has 0 radical (unpaired) electrons. The van der Waals surface area contributed by atoms with Crippen molar-refractivity contribution in [1.29, 1.82) is 0 Å². The van der Waals surface area contributed by atoms with Crippen molar-refractivity contribution in [2.45, 2.75) is 0 Å². The fourth-order valence-electron chi connectivity index (χ4n) is 1.43. The van der Waals surface area contributed by atoms with Gasteiger partial charge in [0.05, 0.1) is 6.21 Å². The Morgan fingerprint density at radius 3 is 2.20 bits per heavy atom. The molecule has 2 rings (SSSR count). The van der Waals surface area contributed by atoms with Gasteiger partial charge in [0.15, 0.2) is 23.3 Å². The zero-order chi connectivity index (χ0) is 14.7. The maximum Gasteiger partial charge on any atom is 0.186 e. The fourth-order valence-corrected chi connectivity index (χ4v) is 1.43. The molecule has 0 atom stereocenters. The molecule has 0 fully saturated rings. The molecule has 0 aliphatic carbocycles. The molecule has 20 heavy (non-hydrogen) atoms. The predicted octanol–water partition coefficient (Wildman–Crippen LogP) is 3.39. The van der Waals surface area contributed by atoms with Gasteiger partial charge in [-0.1, -0.05) is 12.1 Å². The third-order valence-corrected chi connectivity index (χ3v) is 2.43. The average Bonchev–Trinajstić information content (AvgIpc) is 2.42. The Hall–Kier alpha value is -2.57. The van der Waals surface area contributed by atoms with Gasteiger partial charge in [0, 0.05) is 11.6 Å². The lowest BCUT2D eigenvalue weighted by molar-refractivity contribution is 0.458. The standard InChI is InChI=1S/C13H8F4N2O/c14-8-5-9(15)12(17)13(11(8)16)19-18-6-7-3-1-2-4-10(7)20/h1-6,19-20H. The molecule has 2 N–H and O–H groups in total. The zero-order valence-corrected chi connectivity index (χ0v) is 9.87. The molecule has 7 heteroatoms. The first-order valence-electron chi connectivity index (χ1n) is 5.40. The van der Waals surface area contributed by atoms with Crippen LogP contribution in [0.25, 0.3) is 0 Å². The molecule has 0 aromatic heterocycles. The Labute approximate surface area is 111 Å². The molecule has 0 aliphatic heterocycles. The van der Waals surface area contributed by atoms with Crippen LogP contribution in [0.3, 0.4) is 0 Å². The van der Waals surface area contributed by atoms with E-state index in [0.29, 0.717) is 0 Å². The van der Waals surface area contributed by atoms with Crippen molar-refractivity contribution in [1.82, 2.24) is 0 Å². The Morgan fingerprint density at radius 1 is 1.00 bits per heavy atom. The summed E-state index contributed by atoms with van der Waals surface area (Å²) >= 11 is 0. The molecule has 0 bridgehead atoms. The van der Waals surface area contributed by atoms with Gasteiger partial charge in [0.25, 0.3) is 0 Å². The number of phenols is 1. The Balaban J connectivity index is 2.26. The molecule has 0 heterocycles. The number of para-hydroxylation sites is 1. The lowest BCUT2D eigenvalue weighted by atomic mass is 10.2. The number of benzene rings is 2. The minimum absolute atomic E-state index is 0.0998. The van der Waals surface area contributed by atoms with Gasteiger partial charge in [0.2, 0.25) is 0 Å². The second-order valence-corrected chi connectivity index (χ2v) is 3.77. The second kappa shape index (κ2) is 5.60. The lowest BCUT2D eigenvalue weighted by Crippen LogP contribution is -2.02. The summed E-state index contributed by atoms with van der Waals surface area (Å²) in [6.07, 6.45) is 1.05. The summed E-state index contributed by atoms with van der Waals surface area (Å²) in [4.78, 5) is 0. The number of phenolic OH excluding ortho intramolecular Hbond substituents is 1. The van der Waals surface area contributed by atoms with Crippen molar-refractivity contribution in [2.24, 2.45) is 5.10 Å². The van der Waals surface area contributed by atoms with Gasteiger partial charge in [-0.05, 0) is 12.1 Å². The first-order chi connectivity index (χ1) is 9.50. The Morgan fingerprint density at radius 2 is 1.60 bits per heavy atom. The monoisotopic (exact) mass is 284 g/mol. The van der Waals surface area contributed by atoms with Crippen molar-refractivity contribution in [3.8, 4) is 5.75 Å². The highest BCUT2D eigenvalue weighted by molar-refractivity contribution is 5.83. The van der Waals surface area contributed by atoms with Gasteiger partial charge in [-0.2, -0.15) is 5.10 Å². The summed E-state index contributed by atoms with van der Waals surface area (Å²) in [5.74, 6) is -6.35. The van der Waals surface area contributed by atoms with Crippen molar-refractivity contribution in [3.05, 3.63) is 59.2 Å². The normalized spacial score (nSPS) is 11.0. The van der Waals surface area contributed by atoms with E-state index in [0.717, 1.165) is 6.21 Å². The SMILES string of the molecule is Oc1ccccc1C=NNc1c(F)c(F)cc(F)c1F. The summed E-state index contributed by atoms with van der Waals surface area (Å²) in [5, 5.41) is 12.8. The number of rotatable bonds is 3. The molecule has 0 spiro atoms. The van der Waals surface area contributed by atoms with Crippen LogP contribution in [-0.2, 0) is 0 Å². The van der Waals surface area contributed by atoms with Crippen molar-refractivity contribution in [2.75, 3.05) is 5.43 Å². The lowest BCUT2D eigenvalue weighted by Gasteiger charge is -2.05. The van der Waals surface area contributed by atoms with Crippen molar-refractivity contribution < 1.29 is 22.7 Å². The number of aromatic hydroxyl groups is 1. The minimum atomic E-state index is -1.58. The number of anilines is 1. The molecular weight excluding hydrogens is 276 g/mol. The van der Waals surface area contributed by atoms with Gasteiger partial charge >= 0.3 is 0 Å². The van der Waals surface area contributed by atoms with Crippen molar-refractivity contribution >= 4 is 11.9 Å². The van der Waals surface area contributed by atoms with E-state index in [1.165, 1.54) is 12.1 Å². The van der Waals surface area contributed by atoms with Crippen LogP contribution in [0.5, 0.6) is 5.75 Å². The van der Waals surface area contributed by atoms with Crippen LogP contribution >= 0.6 is 0 Å². The van der Waals surface area contributed by atoms with Gasteiger partial charge in [-0.3, -0.25) is 5.43 Å². The number of hydrazone groups is 1. The fraction of sp³-hybridized carbons (Fsp3) is 0. The van der Waals surface area contributed by atoms with Crippen LogP contribution in [0.4, 0.5) is 23.2 Å². The van der Waals surface area contributed by atoms with E-state index in [4.69, 9.17) is 0 Å². The smallest absolute Gasteiger partial charge is 0.186 e. The number of nitrogens with zero attached hydrogens (tertiary/aromatic N) is 1. The van der Waals surface area contributed by atoms with Crippen LogP contribution in [0, 0.1) is 23.3 Å². The predicted molar refractivity (Wildman–Crippen MR) is 65.6 cm³/mol. The molecule has 3 nitrogen and oxygen atoms in total. The first-order valence-corrected chi connectivity index (χ1v) is 5.40. The van der Waals surface area contributed by atoms with Crippen LogP contribution in [-0.4, -0.2) is 11.3 Å². The van der Waals surface area contributed by atoms with E-state index in [1.807, 2.05) is 5.43 Å². The van der Waals surface area contributed by atoms with E-state index in [1.54, 1.807) is 12.1 Å². The maximum atomic E-state index is 13.3. The molecule has 2 aromatic rings. The van der Waals surface area contributed by atoms with E-state index in [-0.39, 0.29) is 17.4 Å². The number of halogens is 4. The van der Waals surface area contributed by atoms with Gasteiger partial charge in [-0.15, -0.1) is 0 Å². The van der Waals surface area contributed by atoms with Gasteiger partial charge in [-0.25, -0.2) is 17.6 Å². The van der Waals surface area contributed by atoms with E-state index in [2.05, 4.69) is 5.10 Å².